The molecule has 4 nitrogen and oxygen atoms in total. The second-order valence-corrected chi connectivity index (χ2v) is 4.17. The summed E-state index contributed by atoms with van der Waals surface area (Å²) in [6.07, 6.45) is 3.14. The third-order valence-electron chi connectivity index (χ3n) is 2.53. The fourth-order valence-electron chi connectivity index (χ4n) is 1.57. The molecule has 2 rings (SSSR count). The summed E-state index contributed by atoms with van der Waals surface area (Å²) in [7, 11) is 0. The maximum absolute atomic E-state index is 8.60. The summed E-state index contributed by atoms with van der Waals surface area (Å²) in [5, 5.41) is 16.6. The number of benzene rings is 1. The molecule has 1 heterocycles. The highest BCUT2D eigenvalue weighted by Crippen LogP contribution is 2.01. The summed E-state index contributed by atoms with van der Waals surface area (Å²) in [5.74, 6) is 11.2. The summed E-state index contributed by atoms with van der Waals surface area (Å²) in [6, 6.07) is 10.1. The quantitative estimate of drug-likeness (QED) is 0.672. The summed E-state index contributed by atoms with van der Waals surface area (Å²) in [5.41, 5.74) is 1.78. The van der Waals surface area contributed by atoms with Crippen molar-refractivity contribution in [2.24, 2.45) is 0 Å². The van der Waals surface area contributed by atoms with Crippen molar-refractivity contribution in [3.05, 3.63) is 47.8 Å². The zero-order chi connectivity index (χ0) is 14.0. The van der Waals surface area contributed by atoms with E-state index in [0.29, 0.717) is 25.1 Å². The molecule has 1 aromatic carbocycles. The van der Waals surface area contributed by atoms with Crippen molar-refractivity contribution in [3.8, 4) is 23.7 Å². The predicted octanol–water partition coefficient (Wildman–Crippen LogP) is 1.45. The van der Waals surface area contributed by atoms with E-state index < -0.39 is 0 Å². The third kappa shape index (κ3) is 4.61. The molecule has 0 unspecified atom stereocenters. The molecule has 1 aromatic heterocycles. The van der Waals surface area contributed by atoms with Gasteiger partial charge in [-0.15, -0.1) is 5.10 Å². The molecular formula is C16H15N3O. The zero-order valence-corrected chi connectivity index (χ0v) is 11.1. The number of hydrogen-bond donors (Lipinski definition) is 1. The molecule has 2 aromatic rings. The Kier molecular flexibility index (Phi) is 5.39. The van der Waals surface area contributed by atoms with Gasteiger partial charge in [-0.05, 0) is 29.7 Å². The first-order valence-electron chi connectivity index (χ1n) is 6.42. The summed E-state index contributed by atoms with van der Waals surface area (Å²) in [4.78, 5) is 0. The number of hydrogen-bond acceptors (Lipinski definition) is 3. The Bertz CT molecular complexity index is 654. The van der Waals surface area contributed by atoms with Gasteiger partial charge in [0.25, 0.3) is 0 Å². The molecule has 0 saturated carbocycles. The van der Waals surface area contributed by atoms with Crippen molar-refractivity contribution in [1.29, 1.82) is 0 Å². The Balaban J connectivity index is 1.92. The van der Waals surface area contributed by atoms with Gasteiger partial charge in [0, 0.05) is 13.0 Å². The standard InChI is InChI=1S/C16H15N3O/c20-12-8-3-1-2-7-11-16-14-19(18-17-16)13-15-9-5-4-6-10-15/h4-6,9-10,14,20H,3,8,12-13H2. The lowest BCUT2D eigenvalue weighted by Gasteiger charge is -1.98. The predicted molar refractivity (Wildman–Crippen MR) is 76.5 cm³/mol. The van der Waals surface area contributed by atoms with Gasteiger partial charge in [-0.3, -0.25) is 0 Å². The Morgan fingerprint density at radius 2 is 2.00 bits per heavy atom. The Labute approximate surface area is 118 Å². The van der Waals surface area contributed by atoms with Crippen LogP contribution in [0.5, 0.6) is 0 Å². The van der Waals surface area contributed by atoms with E-state index >= 15 is 0 Å². The number of aliphatic hydroxyl groups excluding tert-OH is 1. The van der Waals surface area contributed by atoms with Gasteiger partial charge in [0.05, 0.1) is 12.7 Å². The summed E-state index contributed by atoms with van der Waals surface area (Å²) >= 11 is 0. The minimum Gasteiger partial charge on any atom is -0.396 e. The third-order valence-corrected chi connectivity index (χ3v) is 2.53. The van der Waals surface area contributed by atoms with E-state index in [-0.39, 0.29) is 6.61 Å². The molecule has 0 radical (unpaired) electrons. The van der Waals surface area contributed by atoms with E-state index in [0.717, 1.165) is 0 Å². The van der Waals surface area contributed by atoms with Crippen molar-refractivity contribution >= 4 is 0 Å². The molecule has 0 aliphatic rings. The van der Waals surface area contributed by atoms with Crippen LogP contribution in [0.3, 0.4) is 0 Å². The van der Waals surface area contributed by atoms with E-state index in [2.05, 4.69) is 34.0 Å². The number of nitrogens with zero attached hydrogens (tertiary/aromatic N) is 3. The summed E-state index contributed by atoms with van der Waals surface area (Å²) < 4.78 is 1.75. The van der Waals surface area contributed by atoms with Gasteiger partial charge >= 0.3 is 0 Å². The van der Waals surface area contributed by atoms with Crippen LogP contribution in [0.1, 0.15) is 24.1 Å². The van der Waals surface area contributed by atoms with E-state index in [4.69, 9.17) is 5.11 Å². The van der Waals surface area contributed by atoms with E-state index in [9.17, 15) is 0 Å². The number of rotatable bonds is 4. The van der Waals surface area contributed by atoms with Crippen molar-refractivity contribution < 1.29 is 5.11 Å². The largest absolute Gasteiger partial charge is 0.396 e. The zero-order valence-electron chi connectivity index (χ0n) is 11.1. The molecule has 0 saturated heterocycles. The van der Waals surface area contributed by atoms with Crippen LogP contribution in [-0.2, 0) is 6.54 Å². The molecule has 0 aliphatic carbocycles. The Morgan fingerprint density at radius 1 is 1.15 bits per heavy atom. The highest BCUT2D eigenvalue weighted by Gasteiger charge is 1.98. The molecule has 4 heteroatoms. The monoisotopic (exact) mass is 265 g/mol. The van der Waals surface area contributed by atoms with Crippen LogP contribution in [0.25, 0.3) is 0 Å². The molecule has 0 spiro atoms. The second kappa shape index (κ2) is 7.78. The molecule has 100 valence electrons. The van der Waals surface area contributed by atoms with E-state index in [1.165, 1.54) is 5.56 Å². The normalized spacial score (nSPS) is 9.25. The van der Waals surface area contributed by atoms with Crippen LogP contribution >= 0.6 is 0 Å². The maximum atomic E-state index is 8.60. The minimum atomic E-state index is 0.163. The number of aliphatic hydroxyl groups is 1. The van der Waals surface area contributed by atoms with Crippen molar-refractivity contribution in [2.45, 2.75) is 19.4 Å². The van der Waals surface area contributed by atoms with Crippen LogP contribution in [0.15, 0.2) is 36.5 Å². The van der Waals surface area contributed by atoms with Crippen molar-refractivity contribution in [2.75, 3.05) is 6.61 Å². The van der Waals surface area contributed by atoms with E-state index in [1.54, 1.807) is 10.9 Å². The van der Waals surface area contributed by atoms with Crippen LogP contribution in [0, 0.1) is 23.7 Å². The van der Waals surface area contributed by atoms with Crippen LogP contribution in [-0.4, -0.2) is 26.7 Å². The smallest absolute Gasteiger partial charge is 0.156 e. The Morgan fingerprint density at radius 3 is 2.80 bits per heavy atom. The summed E-state index contributed by atoms with van der Waals surface area (Å²) in [6.45, 7) is 0.841. The average molecular weight is 265 g/mol. The van der Waals surface area contributed by atoms with Gasteiger partial charge in [0.2, 0.25) is 0 Å². The molecule has 0 bridgehead atoms. The average Bonchev–Trinajstić information content (AvgIpc) is 2.91. The van der Waals surface area contributed by atoms with Crippen LogP contribution in [0.2, 0.25) is 0 Å². The molecule has 20 heavy (non-hydrogen) atoms. The van der Waals surface area contributed by atoms with E-state index in [1.807, 2.05) is 30.3 Å². The van der Waals surface area contributed by atoms with Gasteiger partial charge in [-0.2, -0.15) is 0 Å². The fraction of sp³-hybridized carbons (Fsp3) is 0.250. The Hall–Kier alpha value is -2.56. The molecule has 1 N–H and O–H groups in total. The molecule has 0 amide bonds. The topological polar surface area (TPSA) is 50.9 Å². The lowest BCUT2D eigenvalue weighted by Crippen LogP contribution is -1.99. The number of unbranched alkanes of at least 4 members (excludes halogenated alkanes) is 1. The van der Waals surface area contributed by atoms with Gasteiger partial charge in [-0.25, -0.2) is 4.68 Å². The molecule has 0 atom stereocenters. The minimum absolute atomic E-state index is 0.163. The fourth-order valence-corrected chi connectivity index (χ4v) is 1.57. The first-order valence-corrected chi connectivity index (χ1v) is 6.42. The van der Waals surface area contributed by atoms with Crippen LogP contribution in [0.4, 0.5) is 0 Å². The lowest BCUT2D eigenvalue weighted by molar-refractivity contribution is 0.290. The number of aromatic nitrogens is 3. The molecule has 0 fully saturated rings. The van der Waals surface area contributed by atoms with Gasteiger partial charge in [0.1, 0.15) is 0 Å². The van der Waals surface area contributed by atoms with Crippen LogP contribution < -0.4 is 0 Å². The van der Waals surface area contributed by atoms with Crippen molar-refractivity contribution in [1.82, 2.24) is 15.0 Å². The van der Waals surface area contributed by atoms with Gasteiger partial charge in [0.15, 0.2) is 5.69 Å². The van der Waals surface area contributed by atoms with Gasteiger partial charge in [-0.1, -0.05) is 41.5 Å². The second-order valence-electron chi connectivity index (χ2n) is 4.17. The van der Waals surface area contributed by atoms with Crippen molar-refractivity contribution in [3.63, 3.8) is 0 Å². The lowest BCUT2D eigenvalue weighted by atomic mass is 10.2. The first kappa shape index (κ1) is 13.9. The molecule has 0 aliphatic heterocycles. The first-order chi connectivity index (χ1) is 9.88. The van der Waals surface area contributed by atoms with Gasteiger partial charge < -0.3 is 5.11 Å². The highest BCUT2D eigenvalue weighted by atomic mass is 16.2. The SMILES string of the molecule is OCCCC#CC#Cc1cn(Cc2ccccc2)nn1. The molecular weight excluding hydrogens is 250 g/mol. The maximum Gasteiger partial charge on any atom is 0.156 e. The highest BCUT2D eigenvalue weighted by molar-refractivity contribution is 5.34.